The van der Waals surface area contributed by atoms with Gasteiger partial charge in [-0.15, -0.1) is 12.4 Å². The van der Waals surface area contributed by atoms with Crippen molar-refractivity contribution >= 4 is 24.0 Å². The van der Waals surface area contributed by atoms with Gasteiger partial charge in [0.2, 0.25) is 0 Å². The Balaban J connectivity index is 0.00000112. The van der Waals surface area contributed by atoms with E-state index in [4.69, 9.17) is 11.6 Å². The van der Waals surface area contributed by atoms with Crippen LogP contribution >= 0.6 is 24.0 Å². The average Bonchev–Trinajstić information content (AvgIpc) is 2.23. The Hall–Kier alpha value is -0.280. The highest BCUT2D eigenvalue weighted by molar-refractivity contribution is 6.31. The monoisotopic (exact) mass is 246 g/mol. The Morgan fingerprint density at radius 1 is 1.20 bits per heavy atom. The first-order valence-corrected chi connectivity index (χ1v) is 5.40. The van der Waals surface area contributed by atoms with E-state index in [1.807, 2.05) is 18.2 Å². The van der Waals surface area contributed by atoms with Crippen molar-refractivity contribution in [2.24, 2.45) is 0 Å². The molecule has 2 nitrogen and oxygen atoms in total. The lowest BCUT2D eigenvalue weighted by atomic mass is 10.2. The van der Waals surface area contributed by atoms with Crippen LogP contribution in [0.25, 0.3) is 0 Å². The Kier molecular flexibility index (Phi) is 5.40. The van der Waals surface area contributed by atoms with Crippen LogP contribution in [-0.4, -0.2) is 31.1 Å². The standard InChI is InChI=1S/C11H15ClN2.ClH/c12-11-4-2-1-3-10(11)9-14-7-5-13-6-8-14;/h1-4,13H,5-9H2;1H. The molecule has 0 saturated carbocycles. The number of rotatable bonds is 2. The minimum absolute atomic E-state index is 0. The summed E-state index contributed by atoms with van der Waals surface area (Å²) < 4.78 is 0. The molecule has 1 aromatic rings. The molecule has 0 amide bonds. The van der Waals surface area contributed by atoms with Crippen molar-refractivity contribution in [3.8, 4) is 0 Å². The van der Waals surface area contributed by atoms with Crippen LogP contribution in [0.15, 0.2) is 24.3 Å². The van der Waals surface area contributed by atoms with Crippen LogP contribution in [0, 0.1) is 0 Å². The van der Waals surface area contributed by atoms with Gasteiger partial charge in [-0.25, -0.2) is 0 Å². The number of hydrogen-bond donors (Lipinski definition) is 1. The van der Waals surface area contributed by atoms with E-state index < -0.39 is 0 Å². The molecule has 0 unspecified atom stereocenters. The van der Waals surface area contributed by atoms with Crippen molar-refractivity contribution in [1.82, 2.24) is 10.2 Å². The van der Waals surface area contributed by atoms with Crippen molar-refractivity contribution < 1.29 is 0 Å². The zero-order valence-electron chi connectivity index (χ0n) is 8.58. The van der Waals surface area contributed by atoms with Crippen molar-refractivity contribution in [1.29, 1.82) is 0 Å². The molecule has 0 atom stereocenters. The van der Waals surface area contributed by atoms with E-state index in [0.717, 1.165) is 37.7 Å². The summed E-state index contributed by atoms with van der Waals surface area (Å²) in [5, 5.41) is 4.22. The predicted octanol–water partition coefficient (Wildman–Crippen LogP) is 2.17. The van der Waals surface area contributed by atoms with Crippen LogP contribution in [-0.2, 0) is 6.54 Å². The third kappa shape index (κ3) is 3.65. The fraction of sp³-hybridized carbons (Fsp3) is 0.455. The highest BCUT2D eigenvalue weighted by atomic mass is 35.5. The SMILES string of the molecule is Cl.Clc1ccccc1CN1CCNCC1. The van der Waals surface area contributed by atoms with E-state index in [2.05, 4.69) is 16.3 Å². The molecule has 4 heteroatoms. The van der Waals surface area contributed by atoms with Crippen LogP contribution in [0.4, 0.5) is 0 Å². The van der Waals surface area contributed by atoms with Gasteiger partial charge in [-0.3, -0.25) is 4.90 Å². The van der Waals surface area contributed by atoms with Crippen LogP contribution in [0.5, 0.6) is 0 Å². The van der Waals surface area contributed by atoms with Crippen LogP contribution in [0.3, 0.4) is 0 Å². The second-order valence-electron chi connectivity index (χ2n) is 3.62. The van der Waals surface area contributed by atoms with Gasteiger partial charge in [0.1, 0.15) is 0 Å². The van der Waals surface area contributed by atoms with Gasteiger partial charge in [-0.05, 0) is 11.6 Å². The molecule has 0 bridgehead atoms. The summed E-state index contributed by atoms with van der Waals surface area (Å²) in [5.74, 6) is 0. The Labute approximate surface area is 102 Å². The van der Waals surface area contributed by atoms with E-state index >= 15 is 0 Å². The molecule has 1 N–H and O–H groups in total. The molecular formula is C11H16Cl2N2. The largest absolute Gasteiger partial charge is 0.314 e. The van der Waals surface area contributed by atoms with E-state index in [1.165, 1.54) is 5.56 Å². The highest BCUT2D eigenvalue weighted by Gasteiger charge is 2.10. The summed E-state index contributed by atoms with van der Waals surface area (Å²) in [6.07, 6.45) is 0. The maximum Gasteiger partial charge on any atom is 0.0451 e. The lowest BCUT2D eigenvalue weighted by Gasteiger charge is -2.27. The molecule has 1 heterocycles. The molecule has 1 aromatic carbocycles. The van der Waals surface area contributed by atoms with E-state index in [0.29, 0.717) is 0 Å². The molecule has 1 saturated heterocycles. The average molecular weight is 247 g/mol. The van der Waals surface area contributed by atoms with Gasteiger partial charge >= 0.3 is 0 Å². The zero-order valence-corrected chi connectivity index (χ0v) is 10.2. The second-order valence-corrected chi connectivity index (χ2v) is 4.02. The number of halogens is 2. The molecule has 0 aliphatic carbocycles. The van der Waals surface area contributed by atoms with Crippen LogP contribution < -0.4 is 5.32 Å². The predicted molar refractivity (Wildman–Crippen MR) is 66.8 cm³/mol. The smallest absolute Gasteiger partial charge is 0.0451 e. The van der Waals surface area contributed by atoms with Crippen molar-refractivity contribution in [2.45, 2.75) is 6.54 Å². The maximum atomic E-state index is 6.10. The third-order valence-electron chi connectivity index (χ3n) is 2.56. The third-order valence-corrected chi connectivity index (χ3v) is 2.93. The maximum absolute atomic E-state index is 6.10. The molecule has 15 heavy (non-hydrogen) atoms. The highest BCUT2D eigenvalue weighted by Crippen LogP contribution is 2.16. The van der Waals surface area contributed by atoms with Crippen LogP contribution in [0.2, 0.25) is 5.02 Å². The van der Waals surface area contributed by atoms with Gasteiger partial charge < -0.3 is 5.32 Å². The second kappa shape index (κ2) is 6.33. The quantitative estimate of drug-likeness (QED) is 0.861. The number of nitrogens with one attached hydrogen (secondary N) is 1. The van der Waals surface area contributed by atoms with Gasteiger partial charge in [-0.2, -0.15) is 0 Å². The molecule has 1 aliphatic heterocycles. The molecular weight excluding hydrogens is 231 g/mol. The number of hydrogen-bond acceptors (Lipinski definition) is 2. The number of piperazine rings is 1. The Bertz CT molecular complexity index is 298. The van der Waals surface area contributed by atoms with Gasteiger partial charge in [0.05, 0.1) is 0 Å². The Morgan fingerprint density at radius 2 is 1.87 bits per heavy atom. The molecule has 84 valence electrons. The fourth-order valence-corrected chi connectivity index (χ4v) is 1.93. The first-order chi connectivity index (χ1) is 6.86. The van der Waals surface area contributed by atoms with Gasteiger partial charge in [0.25, 0.3) is 0 Å². The lowest BCUT2D eigenvalue weighted by molar-refractivity contribution is 0.233. The summed E-state index contributed by atoms with van der Waals surface area (Å²) in [5.41, 5.74) is 1.23. The molecule has 1 aliphatic rings. The van der Waals surface area contributed by atoms with Gasteiger partial charge in [0, 0.05) is 37.7 Å². The van der Waals surface area contributed by atoms with Crippen molar-refractivity contribution in [3.05, 3.63) is 34.9 Å². The minimum atomic E-state index is 0. The summed E-state index contributed by atoms with van der Waals surface area (Å²) in [4.78, 5) is 2.43. The topological polar surface area (TPSA) is 15.3 Å². The number of benzene rings is 1. The van der Waals surface area contributed by atoms with E-state index in [-0.39, 0.29) is 12.4 Å². The van der Waals surface area contributed by atoms with Crippen LogP contribution in [0.1, 0.15) is 5.56 Å². The molecule has 1 fully saturated rings. The summed E-state index contributed by atoms with van der Waals surface area (Å²) in [7, 11) is 0. The van der Waals surface area contributed by atoms with Gasteiger partial charge in [0.15, 0.2) is 0 Å². The summed E-state index contributed by atoms with van der Waals surface area (Å²) in [6, 6.07) is 8.08. The first-order valence-electron chi connectivity index (χ1n) is 5.03. The molecule has 2 rings (SSSR count). The fourth-order valence-electron chi connectivity index (χ4n) is 1.74. The molecule has 0 spiro atoms. The minimum Gasteiger partial charge on any atom is -0.314 e. The van der Waals surface area contributed by atoms with Gasteiger partial charge in [-0.1, -0.05) is 29.8 Å². The van der Waals surface area contributed by atoms with E-state index in [9.17, 15) is 0 Å². The lowest BCUT2D eigenvalue weighted by Crippen LogP contribution is -2.42. The van der Waals surface area contributed by atoms with Crippen molar-refractivity contribution in [3.63, 3.8) is 0 Å². The Morgan fingerprint density at radius 3 is 2.53 bits per heavy atom. The molecule has 0 radical (unpaired) electrons. The summed E-state index contributed by atoms with van der Waals surface area (Å²) in [6.45, 7) is 5.38. The normalized spacial score (nSPS) is 17.1. The van der Waals surface area contributed by atoms with Crippen molar-refractivity contribution in [2.75, 3.05) is 26.2 Å². The summed E-state index contributed by atoms with van der Waals surface area (Å²) >= 11 is 6.10. The zero-order chi connectivity index (χ0) is 9.80. The van der Waals surface area contributed by atoms with E-state index in [1.54, 1.807) is 0 Å². The molecule has 0 aromatic heterocycles. The number of nitrogens with zero attached hydrogens (tertiary/aromatic N) is 1. The first kappa shape index (κ1) is 12.8.